The minimum Gasteiger partial charge on any atom is -0.365 e. The normalized spacial score (nSPS) is 26.6. The van der Waals surface area contributed by atoms with Crippen LogP contribution in [0, 0.1) is 0 Å². The summed E-state index contributed by atoms with van der Waals surface area (Å²) in [6.07, 6.45) is 1.18. The van der Waals surface area contributed by atoms with Crippen LogP contribution in [0.1, 0.15) is 20.3 Å². The van der Waals surface area contributed by atoms with Crippen LogP contribution in [-0.2, 0) is 0 Å². The Labute approximate surface area is 103 Å². The molecule has 88 valence electrons. The molecule has 1 aliphatic heterocycles. The van der Waals surface area contributed by atoms with Crippen LogP contribution in [0.5, 0.6) is 0 Å². The first-order chi connectivity index (χ1) is 7.68. The second-order valence-corrected chi connectivity index (χ2v) is 5.01. The first-order valence-electron chi connectivity index (χ1n) is 5.93. The van der Waals surface area contributed by atoms with Crippen molar-refractivity contribution in [1.82, 2.24) is 5.32 Å². The van der Waals surface area contributed by atoms with Gasteiger partial charge in [0.25, 0.3) is 0 Å². The van der Waals surface area contributed by atoms with Gasteiger partial charge in [-0.3, -0.25) is 0 Å². The maximum absolute atomic E-state index is 6.06. The van der Waals surface area contributed by atoms with Gasteiger partial charge in [-0.1, -0.05) is 17.7 Å². The molecule has 1 aliphatic rings. The molecule has 0 aliphatic carbocycles. The summed E-state index contributed by atoms with van der Waals surface area (Å²) in [6, 6.07) is 9.22. The van der Waals surface area contributed by atoms with Gasteiger partial charge in [-0.05, 0) is 45.0 Å². The molecule has 2 nitrogen and oxygen atoms in total. The fraction of sp³-hybridized carbons (Fsp3) is 0.538. The molecule has 0 bridgehead atoms. The van der Waals surface area contributed by atoms with Crippen molar-refractivity contribution in [2.24, 2.45) is 0 Å². The van der Waals surface area contributed by atoms with Crippen molar-refractivity contribution in [3.8, 4) is 0 Å². The lowest BCUT2D eigenvalue weighted by molar-refractivity contribution is 0.575. The van der Waals surface area contributed by atoms with E-state index in [2.05, 4.69) is 36.2 Å². The third-order valence-electron chi connectivity index (χ3n) is 3.23. The summed E-state index contributed by atoms with van der Waals surface area (Å²) in [6.45, 7) is 6.68. The number of halogens is 1. The number of hydrogen-bond acceptors (Lipinski definition) is 2. The zero-order valence-corrected chi connectivity index (χ0v) is 10.7. The molecule has 0 amide bonds. The van der Waals surface area contributed by atoms with Crippen LogP contribution in [-0.4, -0.2) is 25.2 Å². The topological polar surface area (TPSA) is 15.3 Å². The summed E-state index contributed by atoms with van der Waals surface area (Å²) in [5.74, 6) is 0. The largest absolute Gasteiger partial charge is 0.365 e. The molecule has 0 radical (unpaired) electrons. The minimum absolute atomic E-state index is 0.510. The maximum atomic E-state index is 6.06. The van der Waals surface area contributed by atoms with E-state index in [0.29, 0.717) is 12.1 Å². The molecule has 1 aromatic rings. The van der Waals surface area contributed by atoms with Crippen molar-refractivity contribution in [3.05, 3.63) is 29.3 Å². The summed E-state index contributed by atoms with van der Waals surface area (Å²) >= 11 is 6.06. The molecule has 16 heavy (non-hydrogen) atoms. The van der Waals surface area contributed by atoms with Crippen LogP contribution in [0.25, 0.3) is 0 Å². The van der Waals surface area contributed by atoms with Crippen molar-refractivity contribution >= 4 is 17.3 Å². The zero-order chi connectivity index (χ0) is 11.5. The van der Waals surface area contributed by atoms with E-state index in [1.54, 1.807) is 0 Å². The number of hydrogen-bond donors (Lipinski definition) is 1. The number of benzene rings is 1. The van der Waals surface area contributed by atoms with Crippen LogP contribution >= 0.6 is 11.6 Å². The average Bonchev–Trinajstić information content (AvgIpc) is 2.40. The summed E-state index contributed by atoms with van der Waals surface area (Å²) in [7, 11) is 0. The highest BCUT2D eigenvalue weighted by atomic mass is 35.5. The lowest BCUT2D eigenvalue weighted by atomic mass is 10.1. The van der Waals surface area contributed by atoms with Crippen molar-refractivity contribution in [2.75, 3.05) is 18.0 Å². The van der Waals surface area contributed by atoms with Crippen LogP contribution in [0.4, 0.5) is 5.69 Å². The Morgan fingerprint density at radius 3 is 2.88 bits per heavy atom. The quantitative estimate of drug-likeness (QED) is 0.810. The highest BCUT2D eigenvalue weighted by Crippen LogP contribution is 2.25. The minimum atomic E-state index is 0.510. The standard InChI is InChI=1S/C13H19ClN2/c1-10-6-7-15-9-11(2)16(10)13-5-3-4-12(14)8-13/h3-5,8,10-11,15H,6-7,9H2,1-2H3. The molecule has 2 rings (SSSR count). The Morgan fingerprint density at radius 2 is 2.12 bits per heavy atom. The molecular formula is C13H19ClN2. The fourth-order valence-corrected chi connectivity index (χ4v) is 2.62. The molecule has 1 N–H and O–H groups in total. The van der Waals surface area contributed by atoms with E-state index in [9.17, 15) is 0 Å². The van der Waals surface area contributed by atoms with Crippen molar-refractivity contribution in [3.63, 3.8) is 0 Å². The highest BCUT2D eigenvalue weighted by molar-refractivity contribution is 6.30. The van der Waals surface area contributed by atoms with Crippen LogP contribution in [0.2, 0.25) is 5.02 Å². The molecule has 3 heteroatoms. The first kappa shape index (κ1) is 11.7. The van der Waals surface area contributed by atoms with Gasteiger partial charge in [-0.2, -0.15) is 0 Å². The lowest BCUT2D eigenvalue weighted by Gasteiger charge is -2.34. The molecule has 1 heterocycles. The van der Waals surface area contributed by atoms with E-state index < -0.39 is 0 Å². The Balaban J connectivity index is 2.28. The molecule has 1 saturated heterocycles. The Hall–Kier alpha value is -0.730. The van der Waals surface area contributed by atoms with E-state index in [0.717, 1.165) is 18.1 Å². The van der Waals surface area contributed by atoms with Gasteiger partial charge in [0.15, 0.2) is 0 Å². The van der Waals surface area contributed by atoms with Crippen molar-refractivity contribution < 1.29 is 0 Å². The Bertz CT molecular complexity index is 342. The van der Waals surface area contributed by atoms with Gasteiger partial charge < -0.3 is 10.2 Å². The van der Waals surface area contributed by atoms with E-state index in [1.807, 2.05) is 12.1 Å². The predicted molar refractivity (Wildman–Crippen MR) is 70.3 cm³/mol. The fourth-order valence-electron chi connectivity index (χ4n) is 2.44. The molecule has 0 saturated carbocycles. The summed E-state index contributed by atoms with van der Waals surface area (Å²) in [5.41, 5.74) is 1.23. The monoisotopic (exact) mass is 238 g/mol. The molecule has 1 aromatic carbocycles. The first-order valence-corrected chi connectivity index (χ1v) is 6.31. The van der Waals surface area contributed by atoms with Crippen molar-refractivity contribution in [1.29, 1.82) is 0 Å². The predicted octanol–water partition coefficient (Wildman–Crippen LogP) is 2.92. The van der Waals surface area contributed by atoms with Gasteiger partial charge in [0.2, 0.25) is 0 Å². The molecule has 2 atom stereocenters. The molecule has 0 aromatic heterocycles. The highest BCUT2D eigenvalue weighted by Gasteiger charge is 2.22. The van der Waals surface area contributed by atoms with E-state index in [4.69, 9.17) is 11.6 Å². The van der Waals surface area contributed by atoms with Crippen LogP contribution in [0.3, 0.4) is 0 Å². The van der Waals surface area contributed by atoms with E-state index >= 15 is 0 Å². The maximum Gasteiger partial charge on any atom is 0.0426 e. The van der Waals surface area contributed by atoms with Crippen LogP contribution < -0.4 is 10.2 Å². The van der Waals surface area contributed by atoms with Crippen molar-refractivity contribution in [2.45, 2.75) is 32.4 Å². The number of nitrogens with zero attached hydrogens (tertiary/aromatic N) is 1. The summed E-state index contributed by atoms with van der Waals surface area (Å²) < 4.78 is 0. The summed E-state index contributed by atoms with van der Waals surface area (Å²) in [5, 5.41) is 4.28. The van der Waals surface area contributed by atoms with Gasteiger partial charge in [0.05, 0.1) is 0 Å². The number of anilines is 1. The zero-order valence-electron chi connectivity index (χ0n) is 9.91. The molecule has 0 spiro atoms. The molecular weight excluding hydrogens is 220 g/mol. The Kier molecular flexibility index (Phi) is 3.72. The summed E-state index contributed by atoms with van der Waals surface area (Å²) in [4.78, 5) is 2.46. The van der Waals surface area contributed by atoms with Gasteiger partial charge in [-0.15, -0.1) is 0 Å². The second-order valence-electron chi connectivity index (χ2n) is 4.58. The third-order valence-corrected chi connectivity index (χ3v) is 3.47. The van der Waals surface area contributed by atoms with Gasteiger partial charge in [0, 0.05) is 29.3 Å². The smallest absolute Gasteiger partial charge is 0.0426 e. The van der Waals surface area contributed by atoms with Gasteiger partial charge >= 0.3 is 0 Å². The SMILES string of the molecule is CC1CCNCC(C)N1c1cccc(Cl)c1. The average molecular weight is 239 g/mol. The van der Waals surface area contributed by atoms with Crippen LogP contribution in [0.15, 0.2) is 24.3 Å². The van der Waals surface area contributed by atoms with E-state index in [1.165, 1.54) is 12.1 Å². The Morgan fingerprint density at radius 1 is 1.31 bits per heavy atom. The number of nitrogens with one attached hydrogen (secondary N) is 1. The number of rotatable bonds is 1. The second kappa shape index (κ2) is 5.07. The van der Waals surface area contributed by atoms with Gasteiger partial charge in [0.1, 0.15) is 0 Å². The third kappa shape index (κ3) is 2.50. The van der Waals surface area contributed by atoms with E-state index in [-0.39, 0.29) is 0 Å². The molecule has 2 unspecified atom stereocenters. The molecule has 1 fully saturated rings. The lowest BCUT2D eigenvalue weighted by Crippen LogP contribution is -2.41. The van der Waals surface area contributed by atoms with Gasteiger partial charge in [-0.25, -0.2) is 0 Å².